The van der Waals surface area contributed by atoms with E-state index in [-0.39, 0.29) is 17.0 Å². The number of nitrogens with zero attached hydrogens (tertiary/aromatic N) is 1. The molecule has 0 radical (unpaired) electrons. The molecule has 1 amide bonds. The maximum Gasteiger partial charge on any atom is 0.310 e. The van der Waals surface area contributed by atoms with E-state index >= 15 is 0 Å². The first-order valence-corrected chi connectivity index (χ1v) is 9.73. The summed E-state index contributed by atoms with van der Waals surface area (Å²) in [6, 6.07) is 12.7. The summed E-state index contributed by atoms with van der Waals surface area (Å²) in [5.74, 6) is -1.18. The minimum absolute atomic E-state index is 0.0426. The van der Waals surface area contributed by atoms with E-state index in [1.165, 1.54) is 38.4 Å². The molecule has 0 bridgehead atoms. The highest BCUT2D eigenvalue weighted by molar-refractivity contribution is 7.89. The fraction of sp³-hybridized carbons (Fsp3) is 0.222. The van der Waals surface area contributed by atoms with Gasteiger partial charge in [-0.05, 0) is 29.8 Å². The minimum atomic E-state index is -3.62. The highest BCUT2D eigenvalue weighted by atomic mass is 35.5. The van der Waals surface area contributed by atoms with Gasteiger partial charge in [0.05, 0.1) is 11.3 Å². The highest BCUT2D eigenvalue weighted by Crippen LogP contribution is 2.18. The number of benzene rings is 2. The summed E-state index contributed by atoms with van der Waals surface area (Å²) >= 11 is 5.97. The molecule has 0 saturated heterocycles. The predicted molar refractivity (Wildman–Crippen MR) is 102 cm³/mol. The second kappa shape index (κ2) is 8.98. The molecule has 27 heavy (non-hydrogen) atoms. The number of hydrogen-bond acceptors (Lipinski definition) is 5. The summed E-state index contributed by atoms with van der Waals surface area (Å²) in [6.45, 7) is -0.492. The Morgan fingerprint density at radius 2 is 1.81 bits per heavy atom. The number of esters is 1. The van der Waals surface area contributed by atoms with E-state index in [0.29, 0.717) is 10.6 Å². The SMILES string of the molecule is CN(C)S(=O)(=O)c1cccc(NC(=O)COC(=O)Cc2ccccc2Cl)c1. The molecule has 0 aromatic heterocycles. The molecular weight excluding hydrogens is 392 g/mol. The average Bonchev–Trinajstić information content (AvgIpc) is 2.62. The molecule has 1 N–H and O–H groups in total. The number of rotatable bonds is 7. The molecule has 144 valence electrons. The lowest BCUT2D eigenvalue weighted by molar-refractivity contribution is -0.146. The first-order chi connectivity index (χ1) is 12.7. The lowest BCUT2D eigenvalue weighted by atomic mass is 10.1. The second-order valence-electron chi connectivity index (χ2n) is 5.79. The van der Waals surface area contributed by atoms with Crippen LogP contribution < -0.4 is 5.32 Å². The monoisotopic (exact) mass is 410 g/mol. The molecule has 0 spiro atoms. The van der Waals surface area contributed by atoms with Crippen LogP contribution >= 0.6 is 11.6 Å². The first-order valence-electron chi connectivity index (χ1n) is 7.91. The number of carbonyl (C=O) groups is 2. The van der Waals surface area contributed by atoms with Gasteiger partial charge in [0.15, 0.2) is 6.61 Å². The van der Waals surface area contributed by atoms with Gasteiger partial charge in [-0.25, -0.2) is 12.7 Å². The third-order valence-electron chi connectivity index (χ3n) is 3.55. The third-order valence-corrected chi connectivity index (χ3v) is 5.73. The Hall–Kier alpha value is -2.42. The van der Waals surface area contributed by atoms with Crippen molar-refractivity contribution < 1.29 is 22.7 Å². The van der Waals surface area contributed by atoms with Crippen molar-refractivity contribution >= 4 is 39.2 Å². The maximum atomic E-state index is 12.1. The van der Waals surface area contributed by atoms with Gasteiger partial charge >= 0.3 is 5.97 Å². The van der Waals surface area contributed by atoms with Crippen LogP contribution in [0, 0.1) is 0 Å². The molecule has 0 heterocycles. The zero-order chi connectivity index (χ0) is 20.0. The van der Waals surface area contributed by atoms with Gasteiger partial charge in [0, 0.05) is 24.8 Å². The minimum Gasteiger partial charge on any atom is -0.455 e. The number of nitrogens with one attached hydrogen (secondary N) is 1. The summed E-state index contributed by atoms with van der Waals surface area (Å²) in [4.78, 5) is 23.8. The van der Waals surface area contributed by atoms with E-state index < -0.39 is 28.5 Å². The van der Waals surface area contributed by atoms with Gasteiger partial charge in [0.2, 0.25) is 10.0 Å². The lowest BCUT2D eigenvalue weighted by Crippen LogP contribution is -2.23. The van der Waals surface area contributed by atoms with Gasteiger partial charge in [0.25, 0.3) is 5.91 Å². The summed E-state index contributed by atoms with van der Waals surface area (Å²) in [5, 5.41) is 2.94. The molecular formula is C18H19ClN2O5S. The number of anilines is 1. The van der Waals surface area contributed by atoms with Crippen LogP contribution in [0.5, 0.6) is 0 Å². The number of carbonyl (C=O) groups excluding carboxylic acids is 2. The van der Waals surface area contributed by atoms with Crippen LogP contribution in [0.4, 0.5) is 5.69 Å². The summed E-state index contributed by atoms with van der Waals surface area (Å²) in [7, 11) is -0.784. The standard InChI is InChI=1S/C18H19ClN2O5S/c1-21(2)27(24,25)15-8-5-7-14(11-15)20-17(22)12-26-18(23)10-13-6-3-4-9-16(13)19/h3-9,11H,10,12H2,1-2H3,(H,20,22). The maximum absolute atomic E-state index is 12.1. The largest absolute Gasteiger partial charge is 0.455 e. The molecule has 0 saturated carbocycles. The van der Waals surface area contributed by atoms with Gasteiger partial charge in [-0.1, -0.05) is 35.9 Å². The van der Waals surface area contributed by atoms with Crippen LogP contribution in [0.25, 0.3) is 0 Å². The Morgan fingerprint density at radius 3 is 2.48 bits per heavy atom. The van der Waals surface area contributed by atoms with Crippen molar-refractivity contribution in [3.63, 3.8) is 0 Å². The van der Waals surface area contributed by atoms with Gasteiger partial charge in [-0.2, -0.15) is 0 Å². The second-order valence-corrected chi connectivity index (χ2v) is 8.35. The molecule has 2 aromatic rings. The van der Waals surface area contributed by atoms with Crippen molar-refractivity contribution in [2.45, 2.75) is 11.3 Å². The number of hydrogen-bond donors (Lipinski definition) is 1. The number of sulfonamides is 1. The topological polar surface area (TPSA) is 92.8 Å². The molecule has 7 nitrogen and oxygen atoms in total. The Kier molecular flexibility index (Phi) is 6.95. The summed E-state index contributed by atoms with van der Waals surface area (Å²) < 4.78 is 30.2. The molecule has 0 aliphatic rings. The Labute approximate surface area is 162 Å². The number of halogens is 1. The van der Waals surface area contributed by atoms with Crippen LogP contribution in [0.15, 0.2) is 53.4 Å². The molecule has 0 fully saturated rings. The van der Waals surface area contributed by atoms with E-state index in [1.807, 2.05) is 0 Å². The zero-order valence-corrected chi connectivity index (χ0v) is 16.4. The number of ether oxygens (including phenoxy) is 1. The molecule has 2 rings (SSSR count). The van der Waals surface area contributed by atoms with E-state index in [2.05, 4.69) is 5.32 Å². The molecule has 2 aromatic carbocycles. The smallest absolute Gasteiger partial charge is 0.310 e. The van der Waals surface area contributed by atoms with Crippen molar-refractivity contribution in [1.29, 1.82) is 0 Å². The van der Waals surface area contributed by atoms with E-state index in [1.54, 1.807) is 24.3 Å². The number of amides is 1. The molecule has 0 unspecified atom stereocenters. The van der Waals surface area contributed by atoms with Gasteiger partial charge < -0.3 is 10.1 Å². The van der Waals surface area contributed by atoms with Crippen molar-refractivity contribution in [1.82, 2.24) is 4.31 Å². The third kappa shape index (κ3) is 5.78. The van der Waals surface area contributed by atoms with Crippen molar-refractivity contribution in [3.8, 4) is 0 Å². The average molecular weight is 411 g/mol. The Balaban J connectivity index is 1.93. The van der Waals surface area contributed by atoms with Crippen LogP contribution in [0.1, 0.15) is 5.56 Å². The van der Waals surface area contributed by atoms with Crippen molar-refractivity contribution in [3.05, 3.63) is 59.1 Å². The van der Waals surface area contributed by atoms with Gasteiger partial charge in [-0.3, -0.25) is 9.59 Å². The Bertz CT molecular complexity index is 944. The fourth-order valence-corrected chi connectivity index (χ4v) is 3.29. The van der Waals surface area contributed by atoms with Crippen LogP contribution in [0.2, 0.25) is 5.02 Å². The predicted octanol–water partition coefficient (Wildman–Crippen LogP) is 2.31. The van der Waals surface area contributed by atoms with Gasteiger partial charge in [0.1, 0.15) is 0 Å². The lowest BCUT2D eigenvalue weighted by Gasteiger charge is -2.12. The van der Waals surface area contributed by atoms with Gasteiger partial charge in [-0.15, -0.1) is 0 Å². The van der Waals surface area contributed by atoms with Crippen LogP contribution in [-0.2, 0) is 30.8 Å². The molecule has 0 aliphatic carbocycles. The van der Waals surface area contributed by atoms with Crippen molar-refractivity contribution in [2.24, 2.45) is 0 Å². The summed E-state index contributed by atoms with van der Waals surface area (Å²) in [5.41, 5.74) is 0.885. The van der Waals surface area contributed by atoms with E-state index in [0.717, 1.165) is 4.31 Å². The van der Waals surface area contributed by atoms with Crippen molar-refractivity contribution in [2.75, 3.05) is 26.0 Å². The zero-order valence-electron chi connectivity index (χ0n) is 14.8. The first kappa shape index (κ1) is 20.9. The quantitative estimate of drug-likeness (QED) is 0.707. The fourth-order valence-electron chi connectivity index (χ4n) is 2.14. The molecule has 0 atom stereocenters. The molecule has 9 heteroatoms. The van der Waals surface area contributed by atoms with Crippen LogP contribution in [-0.4, -0.2) is 45.3 Å². The Morgan fingerprint density at radius 1 is 1.11 bits per heavy atom. The highest BCUT2D eigenvalue weighted by Gasteiger charge is 2.18. The van der Waals surface area contributed by atoms with E-state index in [9.17, 15) is 18.0 Å². The van der Waals surface area contributed by atoms with Crippen LogP contribution in [0.3, 0.4) is 0 Å². The van der Waals surface area contributed by atoms with E-state index in [4.69, 9.17) is 16.3 Å². The normalized spacial score (nSPS) is 11.3. The summed E-state index contributed by atoms with van der Waals surface area (Å²) in [6.07, 6.45) is -0.0521. The molecule has 0 aliphatic heterocycles.